The van der Waals surface area contributed by atoms with E-state index in [-0.39, 0.29) is 25.3 Å². The van der Waals surface area contributed by atoms with Crippen molar-refractivity contribution < 1.29 is 19.1 Å². The number of carbonyl (C=O) groups excluding carboxylic acids is 2. The van der Waals surface area contributed by atoms with Crippen molar-refractivity contribution in [3.8, 4) is 22.9 Å². The molecule has 1 N–H and O–H groups in total. The standard InChI is InChI=1S/C29H29N7O4/c37-26(18-35-33-28(32-34-35)20-9-3-1-4-10-20)36(22-14-15-24-25(17-22)40-19-39-24)27(23-13-7-8-16-30-23)29(38)31-21-11-5-2-6-12-21/h1,3-4,7-10,13-17,21,27H,2,5-6,11-12,18-19H2,(H,31,38)/t27-/m1/s1. The maximum absolute atomic E-state index is 14.1. The fraction of sp³-hybridized carbons (Fsp3) is 0.310. The summed E-state index contributed by atoms with van der Waals surface area (Å²) in [6, 6.07) is 18.9. The summed E-state index contributed by atoms with van der Waals surface area (Å²) in [5.74, 6) is 0.758. The molecular formula is C29H29N7O4. The molecule has 2 aromatic heterocycles. The van der Waals surface area contributed by atoms with Crippen LogP contribution in [0.4, 0.5) is 5.69 Å². The molecule has 3 heterocycles. The Kier molecular flexibility index (Phi) is 7.34. The largest absolute Gasteiger partial charge is 0.454 e. The number of nitrogens with one attached hydrogen (secondary N) is 1. The SMILES string of the molecule is O=C(NC1CCCCC1)[C@@H](c1ccccn1)N(C(=O)Cn1nnc(-c2ccccc2)n1)c1ccc2c(c1)OCO2. The third kappa shape index (κ3) is 5.49. The third-order valence-corrected chi connectivity index (χ3v) is 7.09. The number of hydrogen-bond donors (Lipinski definition) is 1. The Morgan fingerprint density at radius 1 is 0.975 bits per heavy atom. The van der Waals surface area contributed by atoms with Gasteiger partial charge in [-0.25, -0.2) is 0 Å². The van der Waals surface area contributed by atoms with Gasteiger partial charge < -0.3 is 14.8 Å². The Bertz CT molecular complexity index is 1470. The molecule has 0 bridgehead atoms. The van der Waals surface area contributed by atoms with Crippen LogP contribution in [0.15, 0.2) is 72.9 Å². The minimum atomic E-state index is -1.03. The normalized spacial score (nSPS) is 15.4. The number of nitrogens with zero attached hydrogens (tertiary/aromatic N) is 6. The summed E-state index contributed by atoms with van der Waals surface area (Å²) in [4.78, 5) is 35.2. The molecule has 11 heteroatoms. The first-order valence-electron chi connectivity index (χ1n) is 13.4. The minimum Gasteiger partial charge on any atom is -0.454 e. The number of carbonyl (C=O) groups is 2. The second kappa shape index (κ2) is 11.5. The summed E-state index contributed by atoms with van der Waals surface area (Å²) in [5.41, 5.74) is 1.69. The molecule has 0 unspecified atom stereocenters. The highest BCUT2D eigenvalue weighted by Crippen LogP contribution is 2.38. The minimum absolute atomic E-state index is 0.0478. The molecule has 1 atom stereocenters. The predicted molar refractivity (Wildman–Crippen MR) is 145 cm³/mol. The first-order chi connectivity index (χ1) is 19.7. The van der Waals surface area contributed by atoms with Crippen molar-refractivity contribution >= 4 is 17.5 Å². The number of rotatable bonds is 8. The number of anilines is 1. The van der Waals surface area contributed by atoms with Crippen LogP contribution in [-0.4, -0.2) is 49.8 Å². The Labute approximate surface area is 231 Å². The van der Waals surface area contributed by atoms with Gasteiger partial charge in [0.2, 0.25) is 18.5 Å². The van der Waals surface area contributed by atoms with E-state index in [0.29, 0.717) is 28.7 Å². The van der Waals surface area contributed by atoms with Gasteiger partial charge in [-0.1, -0.05) is 55.7 Å². The van der Waals surface area contributed by atoms with Crippen LogP contribution in [0.5, 0.6) is 11.5 Å². The zero-order valence-corrected chi connectivity index (χ0v) is 21.8. The number of pyridine rings is 1. The summed E-state index contributed by atoms with van der Waals surface area (Å²) in [6.45, 7) is -0.155. The molecule has 1 aliphatic heterocycles. The first kappa shape index (κ1) is 25.5. The average molecular weight is 540 g/mol. The highest BCUT2D eigenvalue weighted by Gasteiger charge is 2.36. The van der Waals surface area contributed by atoms with Crippen molar-refractivity contribution in [2.75, 3.05) is 11.7 Å². The zero-order chi connectivity index (χ0) is 27.3. The van der Waals surface area contributed by atoms with Crippen molar-refractivity contribution in [1.29, 1.82) is 0 Å². The summed E-state index contributed by atoms with van der Waals surface area (Å²) < 4.78 is 11.1. The van der Waals surface area contributed by atoms with E-state index in [1.54, 1.807) is 42.6 Å². The molecule has 1 aliphatic carbocycles. The molecule has 204 valence electrons. The number of ether oxygens (including phenoxy) is 2. The third-order valence-electron chi connectivity index (χ3n) is 7.09. The molecule has 4 aromatic rings. The van der Waals surface area contributed by atoms with Crippen LogP contribution in [-0.2, 0) is 16.1 Å². The number of tetrazole rings is 1. The van der Waals surface area contributed by atoms with Gasteiger partial charge in [-0.2, -0.15) is 4.80 Å². The number of benzene rings is 2. The quantitative estimate of drug-likeness (QED) is 0.360. The Balaban J connectivity index is 1.36. The summed E-state index contributed by atoms with van der Waals surface area (Å²) >= 11 is 0. The maximum atomic E-state index is 14.1. The molecule has 1 saturated carbocycles. The van der Waals surface area contributed by atoms with Crippen LogP contribution >= 0.6 is 0 Å². The molecule has 40 heavy (non-hydrogen) atoms. The van der Waals surface area contributed by atoms with E-state index < -0.39 is 11.9 Å². The van der Waals surface area contributed by atoms with Gasteiger partial charge in [0.1, 0.15) is 6.54 Å². The van der Waals surface area contributed by atoms with Crippen molar-refractivity contribution in [2.24, 2.45) is 0 Å². The first-order valence-corrected chi connectivity index (χ1v) is 13.4. The summed E-state index contributed by atoms with van der Waals surface area (Å²) in [6.07, 6.45) is 6.71. The molecule has 0 spiro atoms. The van der Waals surface area contributed by atoms with Crippen LogP contribution < -0.4 is 19.7 Å². The van der Waals surface area contributed by atoms with Crippen molar-refractivity contribution in [2.45, 2.75) is 50.7 Å². The number of aromatic nitrogens is 5. The Morgan fingerprint density at radius 2 is 1.77 bits per heavy atom. The fourth-order valence-electron chi connectivity index (χ4n) is 5.13. The van der Waals surface area contributed by atoms with Gasteiger partial charge in [-0.05, 0) is 42.3 Å². The lowest BCUT2D eigenvalue weighted by atomic mass is 9.95. The van der Waals surface area contributed by atoms with Gasteiger partial charge >= 0.3 is 0 Å². The van der Waals surface area contributed by atoms with E-state index in [1.807, 2.05) is 30.3 Å². The molecule has 0 saturated heterocycles. The Hall–Kier alpha value is -4.80. The smallest absolute Gasteiger partial charge is 0.251 e. The van der Waals surface area contributed by atoms with E-state index in [4.69, 9.17) is 9.47 Å². The van der Waals surface area contributed by atoms with Gasteiger partial charge in [0.15, 0.2) is 17.5 Å². The van der Waals surface area contributed by atoms with Gasteiger partial charge in [0.25, 0.3) is 5.91 Å². The lowest BCUT2D eigenvalue weighted by Gasteiger charge is -2.32. The van der Waals surface area contributed by atoms with Gasteiger partial charge in [0, 0.05) is 29.6 Å². The van der Waals surface area contributed by atoms with Crippen LogP contribution in [0.2, 0.25) is 0 Å². The monoisotopic (exact) mass is 539 g/mol. The molecule has 0 radical (unpaired) electrons. The number of fused-ring (bicyclic) bond motifs is 1. The fourth-order valence-corrected chi connectivity index (χ4v) is 5.13. The topological polar surface area (TPSA) is 124 Å². The second-order valence-corrected chi connectivity index (χ2v) is 9.81. The van der Waals surface area contributed by atoms with Gasteiger partial charge in [-0.15, -0.1) is 10.2 Å². The summed E-state index contributed by atoms with van der Waals surface area (Å²) in [7, 11) is 0. The molecule has 1 fully saturated rings. The highest BCUT2D eigenvalue weighted by molar-refractivity contribution is 6.01. The van der Waals surface area contributed by atoms with Crippen LogP contribution in [0.25, 0.3) is 11.4 Å². The molecule has 2 amide bonds. The lowest BCUT2D eigenvalue weighted by Crippen LogP contribution is -2.48. The van der Waals surface area contributed by atoms with Crippen molar-refractivity contribution in [3.63, 3.8) is 0 Å². The van der Waals surface area contributed by atoms with E-state index in [1.165, 1.54) is 9.70 Å². The number of amides is 2. The predicted octanol–water partition coefficient (Wildman–Crippen LogP) is 3.69. The zero-order valence-electron chi connectivity index (χ0n) is 21.8. The second-order valence-electron chi connectivity index (χ2n) is 9.81. The number of hydrogen-bond acceptors (Lipinski definition) is 8. The van der Waals surface area contributed by atoms with Crippen molar-refractivity contribution in [3.05, 3.63) is 78.6 Å². The van der Waals surface area contributed by atoms with E-state index >= 15 is 0 Å². The molecule has 11 nitrogen and oxygen atoms in total. The molecule has 6 rings (SSSR count). The highest BCUT2D eigenvalue weighted by atomic mass is 16.7. The van der Waals surface area contributed by atoms with Crippen LogP contribution in [0.1, 0.15) is 43.8 Å². The van der Waals surface area contributed by atoms with Crippen LogP contribution in [0, 0.1) is 0 Å². The molecule has 2 aliphatic rings. The average Bonchev–Trinajstić information content (AvgIpc) is 3.66. The van der Waals surface area contributed by atoms with E-state index in [0.717, 1.165) is 37.7 Å². The molecular weight excluding hydrogens is 510 g/mol. The summed E-state index contributed by atoms with van der Waals surface area (Å²) in [5, 5.41) is 15.8. The van der Waals surface area contributed by atoms with Gasteiger partial charge in [0.05, 0.1) is 5.69 Å². The van der Waals surface area contributed by atoms with Crippen molar-refractivity contribution in [1.82, 2.24) is 30.5 Å². The molecule has 2 aromatic carbocycles. The van der Waals surface area contributed by atoms with E-state index in [2.05, 4.69) is 25.7 Å². The lowest BCUT2D eigenvalue weighted by molar-refractivity contribution is -0.127. The maximum Gasteiger partial charge on any atom is 0.251 e. The Morgan fingerprint density at radius 3 is 2.58 bits per heavy atom. The van der Waals surface area contributed by atoms with Crippen LogP contribution in [0.3, 0.4) is 0 Å². The van der Waals surface area contributed by atoms with E-state index in [9.17, 15) is 9.59 Å². The van der Waals surface area contributed by atoms with Gasteiger partial charge in [-0.3, -0.25) is 19.5 Å².